The van der Waals surface area contributed by atoms with E-state index in [0.29, 0.717) is 10.6 Å². The van der Waals surface area contributed by atoms with Crippen molar-refractivity contribution in [3.8, 4) is 6.07 Å². The smallest absolute Gasteiger partial charge is 0.426 e. The molecule has 0 spiro atoms. The molecule has 0 aliphatic heterocycles. The van der Waals surface area contributed by atoms with E-state index < -0.39 is 6.09 Å². The molecule has 0 aliphatic rings. The lowest BCUT2D eigenvalue weighted by Gasteiger charge is -2.13. The molecule has 0 saturated heterocycles. The average molecular weight is 212 g/mol. The topological polar surface area (TPSA) is 90.4 Å². The van der Waals surface area contributed by atoms with Crippen LogP contribution in [0.5, 0.6) is 0 Å². The number of nitriles is 1. The third-order valence-electron chi connectivity index (χ3n) is 1.54. The molecule has 14 heavy (non-hydrogen) atoms. The SMILES string of the molecule is N#Cc1ccc(Cl)c(N(N)C(=O)O)c1. The molecule has 0 heterocycles. The molecule has 1 aromatic carbocycles. The Morgan fingerprint density at radius 3 is 2.79 bits per heavy atom. The van der Waals surface area contributed by atoms with E-state index in [2.05, 4.69) is 0 Å². The molecule has 0 radical (unpaired) electrons. The van der Waals surface area contributed by atoms with Gasteiger partial charge in [-0.2, -0.15) is 5.26 Å². The lowest BCUT2D eigenvalue weighted by Crippen LogP contribution is -2.36. The Labute approximate surface area is 84.9 Å². The molecule has 5 nitrogen and oxygen atoms in total. The highest BCUT2D eigenvalue weighted by Gasteiger charge is 2.13. The number of rotatable bonds is 1. The monoisotopic (exact) mass is 211 g/mol. The summed E-state index contributed by atoms with van der Waals surface area (Å²) in [5.74, 6) is 5.20. The summed E-state index contributed by atoms with van der Waals surface area (Å²) >= 11 is 5.70. The normalized spacial score (nSPS) is 9.21. The van der Waals surface area contributed by atoms with Crippen LogP contribution in [-0.2, 0) is 0 Å². The number of hydrogen-bond acceptors (Lipinski definition) is 3. The van der Waals surface area contributed by atoms with Crippen LogP contribution in [0.4, 0.5) is 10.5 Å². The zero-order valence-corrected chi connectivity index (χ0v) is 7.69. The minimum atomic E-state index is -1.35. The molecule has 0 aromatic heterocycles. The molecule has 0 aliphatic carbocycles. The van der Waals surface area contributed by atoms with Gasteiger partial charge in [-0.3, -0.25) is 0 Å². The number of amides is 1. The molecule has 0 atom stereocenters. The van der Waals surface area contributed by atoms with Gasteiger partial charge in [0.15, 0.2) is 0 Å². The van der Waals surface area contributed by atoms with Crippen molar-refractivity contribution in [1.29, 1.82) is 5.26 Å². The van der Waals surface area contributed by atoms with Crippen LogP contribution in [0.15, 0.2) is 18.2 Å². The first-order chi connectivity index (χ1) is 6.56. The zero-order chi connectivity index (χ0) is 10.7. The fourth-order valence-electron chi connectivity index (χ4n) is 0.870. The van der Waals surface area contributed by atoms with E-state index in [0.717, 1.165) is 0 Å². The second-order valence-electron chi connectivity index (χ2n) is 2.43. The van der Waals surface area contributed by atoms with Crippen molar-refractivity contribution in [2.75, 3.05) is 5.01 Å². The lowest BCUT2D eigenvalue weighted by molar-refractivity contribution is 0.202. The summed E-state index contributed by atoms with van der Waals surface area (Å²) in [7, 11) is 0. The summed E-state index contributed by atoms with van der Waals surface area (Å²) in [6.07, 6.45) is -1.35. The van der Waals surface area contributed by atoms with E-state index in [4.69, 9.17) is 27.8 Å². The molecule has 0 saturated carbocycles. The summed E-state index contributed by atoms with van der Waals surface area (Å²) in [4.78, 5) is 10.5. The van der Waals surface area contributed by atoms with Gasteiger partial charge in [-0.15, -0.1) is 0 Å². The third kappa shape index (κ3) is 1.93. The van der Waals surface area contributed by atoms with Gasteiger partial charge in [0.25, 0.3) is 0 Å². The van der Waals surface area contributed by atoms with Gasteiger partial charge in [0.1, 0.15) is 0 Å². The largest absolute Gasteiger partial charge is 0.464 e. The summed E-state index contributed by atoms with van der Waals surface area (Å²) in [5, 5.41) is 17.8. The standard InChI is InChI=1S/C8H6ClN3O2/c9-6-2-1-5(4-10)3-7(6)12(11)8(13)14/h1-3H,11H2,(H,13,14). The van der Waals surface area contributed by atoms with Crippen LogP contribution in [0.1, 0.15) is 5.56 Å². The predicted octanol–water partition coefficient (Wildman–Crippen LogP) is 1.57. The average Bonchev–Trinajstić information content (AvgIpc) is 2.17. The molecule has 0 fully saturated rings. The highest BCUT2D eigenvalue weighted by atomic mass is 35.5. The first-order valence-electron chi connectivity index (χ1n) is 3.53. The number of hydrazine groups is 1. The van der Waals surface area contributed by atoms with Crippen LogP contribution >= 0.6 is 11.6 Å². The molecule has 6 heteroatoms. The van der Waals surface area contributed by atoms with Crippen LogP contribution in [0.2, 0.25) is 5.02 Å². The van der Waals surface area contributed by atoms with E-state index in [1.807, 2.05) is 6.07 Å². The van der Waals surface area contributed by atoms with Crippen LogP contribution in [0.3, 0.4) is 0 Å². The van der Waals surface area contributed by atoms with Crippen molar-refractivity contribution in [3.63, 3.8) is 0 Å². The van der Waals surface area contributed by atoms with Gasteiger partial charge in [-0.1, -0.05) is 11.6 Å². The van der Waals surface area contributed by atoms with Gasteiger partial charge >= 0.3 is 6.09 Å². The van der Waals surface area contributed by atoms with Gasteiger partial charge in [0.2, 0.25) is 0 Å². The Morgan fingerprint density at radius 1 is 1.64 bits per heavy atom. The van der Waals surface area contributed by atoms with Crippen molar-refractivity contribution in [2.45, 2.75) is 0 Å². The van der Waals surface area contributed by atoms with Crippen molar-refractivity contribution in [1.82, 2.24) is 0 Å². The first-order valence-corrected chi connectivity index (χ1v) is 3.91. The molecule has 3 N–H and O–H groups in total. The summed E-state index contributed by atoms with van der Waals surface area (Å²) < 4.78 is 0. The fraction of sp³-hybridized carbons (Fsp3) is 0. The second-order valence-corrected chi connectivity index (χ2v) is 2.84. The van der Waals surface area contributed by atoms with Crippen molar-refractivity contribution in [3.05, 3.63) is 28.8 Å². The second kappa shape index (κ2) is 3.96. The van der Waals surface area contributed by atoms with Crippen molar-refractivity contribution in [2.24, 2.45) is 5.84 Å². The van der Waals surface area contributed by atoms with Crippen molar-refractivity contribution < 1.29 is 9.90 Å². The van der Waals surface area contributed by atoms with Gasteiger partial charge in [-0.25, -0.2) is 15.6 Å². The van der Waals surface area contributed by atoms with E-state index in [1.54, 1.807) is 0 Å². The van der Waals surface area contributed by atoms with Gasteiger partial charge in [-0.05, 0) is 18.2 Å². The zero-order valence-electron chi connectivity index (χ0n) is 6.94. The van der Waals surface area contributed by atoms with Crippen LogP contribution < -0.4 is 10.9 Å². The number of nitrogens with two attached hydrogens (primary N) is 1. The molecule has 0 unspecified atom stereocenters. The fourth-order valence-corrected chi connectivity index (χ4v) is 1.08. The molecule has 1 rings (SSSR count). The highest BCUT2D eigenvalue weighted by molar-refractivity contribution is 6.33. The Morgan fingerprint density at radius 2 is 2.29 bits per heavy atom. The maximum atomic E-state index is 10.5. The number of carboxylic acid groups (broad SMARTS) is 1. The predicted molar refractivity (Wildman–Crippen MR) is 50.9 cm³/mol. The van der Waals surface area contributed by atoms with Crippen LogP contribution in [0, 0.1) is 11.3 Å². The lowest BCUT2D eigenvalue weighted by atomic mass is 10.2. The minimum absolute atomic E-state index is 0.0817. The summed E-state index contributed by atoms with van der Waals surface area (Å²) in [5.41, 5.74) is 0.374. The Kier molecular flexibility index (Phi) is 2.92. The molecule has 0 bridgehead atoms. The van der Waals surface area contributed by atoms with Crippen molar-refractivity contribution >= 4 is 23.4 Å². The number of carbonyl (C=O) groups is 1. The van der Waals surface area contributed by atoms with Gasteiger partial charge in [0, 0.05) is 0 Å². The van der Waals surface area contributed by atoms with Gasteiger partial charge < -0.3 is 5.11 Å². The number of anilines is 1. The third-order valence-corrected chi connectivity index (χ3v) is 1.86. The van der Waals surface area contributed by atoms with E-state index in [-0.39, 0.29) is 10.7 Å². The van der Waals surface area contributed by atoms with Gasteiger partial charge in [0.05, 0.1) is 22.3 Å². The molecule has 1 amide bonds. The van der Waals surface area contributed by atoms with Crippen LogP contribution in [-0.4, -0.2) is 11.2 Å². The molecular formula is C8H6ClN3O2. The summed E-state index contributed by atoms with van der Waals surface area (Å²) in [6.45, 7) is 0. The maximum Gasteiger partial charge on any atom is 0.426 e. The number of benzene rings is 1. The highest BCUT2D eigenvalue weighted by Crippen LogP contribution is 2.24. The van der Waals surface area contributed by atoms with E-state index in [9.17, 15) is 4.79 Å². The number of halogens is 1. The minimum Gasteiger partial charge on any atom is -0.464 e. The van der Waals surface area contributed by atoms with E-state index in [1.165, 1.54) is 18.2 Å². The summed E-state index contributed by atoms with van der Waals surface area (Å²) in [6, 6.07) is 6.05. The number of nitrogens with zero attached hydrogens (tertiary/aromatic N) is 2. The molecule has 72 valence electrons. The Bertz CT molecular complexity index is 414. The number of hydrogen-bond donors (Lipinski definition) is 2. The molecular weight excluding hydrogens is 206 g/mol. The Balaban J connectivity index is 3.20. The van der Waals surface area contributed by atoms with Crippen LogP contribution in [0.25, 0.3) is 0 Å². The molecule has 1 aromatic rings. The Hall–Kier alpha value is -1.77. The first kappa shape index (κ1) is 10.3. The maximum absolute atomic E-state index is 10.5. The quantitative estimate of drug-likeness (QED) is 0.419. The van der Waals surface area contributed by atoms with E-state index >= 15 is 0 Å².